The van der Waals surface area contributed by atoms with E-state index in [-0.39, 0.29) is 5.75 Å². The summed E-state index contributed by atoms with van der Waals surface area (Å²) >= 11 is 0. The van der Waals surface area contributed by atoms with Crippen LogP contribution in [-0.2, 0) is 0 Å². The Labute approximate surface area is 113 Å². The Morgan fingerprint density at radius 1 is 0.900 bits per heavy atom. The van der Waals surface area contributed by atoms with Gasteiger partial charge in [0.15, 0.2) is 29.0 Å². The van der Waals surface area contributed by atoms with Crippen LogP contribution in [0.5, 0.6) is 11.5 Å². The van der Waals surface area contributed by atoms with E-state index in [9.17, 15) is 17.6 Å². The summed E-state index contributed by atoms with van der Waals surface area (Å²) in [6.45, 7) is 2.05. The number of hydrogen-bond acceptors (Lipinski definition) is 2. The summed E-state index contributed by atoms with van der Waals surface area (Å²) in [6, 6.07) is 7.10. The topological polar surface area (TPSA) is 29.5 Å². The Kier molecular flexibility index (Phi) is 5.83. The van der Waals surface area contributed by atoms with E-state index in [0.717, 1.165) is 18.2 Å². The first-order valence-electron chi connectivity index (χ1n) is 5.67. The van der Waals surface area contributed by atoms with Crippen molar-refractivity contribution in [2.45, 2.75) is 6.92 Å². The predicted molar refractivity (Wildman–Crippen MR) is 65.5 cm³/mol. The van der Waals surface area contributed by atoms with Gasteiger partial charge >= 0.3 is 0 Å². The molecule has 108 valence electrons. The highest BCUT2D eigenvalue weighted by molar-refractivity contribution is 5.25. The van der Waals surface area contributed by atoms with Gasteiger partial charge in [-0.05, 0) is 31.2 Å². The summed E-state index contributed by atoms with van der Waals surface area (Å²) in [5.74, 6) is -4.72. The van der Waals surface area contributed by atoms with Crippen molar-refractivity contribution in [1.82, 2.24) is 0 Å². The minimum absolute atomic E-state index is 0.0347. The molecule has 0 aliphatic rings. The number of ether oxygens (including phenoxy) is 1. The number of halogens is 4. The maximum absolute atomic E-state index is 12.7. The molecule has 0 aromatic heterocycles. The van der Waals surface area contributed by atoms with Crippen molar-refractivity contribution in [2.24, 2.45) is 0 Å². The molecule has 20 heavy (non-hydrogen) atoms. The van der Waals surface area contributed by atoms with Crippen LogP contribution in [0.15, 0.2) is 36.4 Å². The molecule has 2 rings (SSSR count). The van der Waals surface area contributed by atoms with E-state index < -0.39 is 29.0 Å². The molecule has 0 aliphatic carbocycles. The molecule has 0 heterocycles. The minimum Gasteiger partial charge on any atom is -0.505 e. The third-order valence-electron chi connectivity index (χ3n) is 2.15. The van der Waals surface area contributed by atoms with Crippen LogP contribution in [-0.4, -0.2) is 11.7 Å². The van der Waals surface area contributed by atoms with Gasteiger partial charge < -0.3 is 9.84 Å². The molecule has 2 nitrogen and oxygen atoms in total. The van der Waals surface area contributed by atoms with E-state index in [2.05, 4.69) is 0 Å². The minimum atomic E-state index is -1.20. The van der Waals surface area contributed by atoms with Gasteiger partial charge in [0.1, 0.15) is 0 Å². The van der Waals surface area contributed by atoms with E-state index >= 15 is 0 Å². The SMILES string of the molecule is CCOc1cccc(F)c1F.Oc1cccc(F)c1F. The monoisotopic (exact) mass is 288 g/mol. The van der Waals surface area contributed by atoms with Gasteiger partial charge in [-0.3, -0.25) is 0 Å². The lowest BCUT2D eigenvalue weighted by Gasteiger charge is -2.03. The van der Waals surface area contributed by atoms with E-state index in [1.165, 1.54) is 18.2 Å². The fraction of sp³-hybridized carbons (Fsp3) is 0.143. The fourth-order valence-corrected chi connectivity index (χ4v) is 1.24. The summed E-state index contributed by atoms with van der Waals surface area (Å²) in [4.78, 5) is 0. The molecule has 0 saturated carbocycles. The molecule has 0 atom stereocenters. The van der Waals surface area contributed by atoms with E-state index in [0.29, 0.717) is 6.61 Å². The molecule has 2 aromatic rings. The number of aromatic hydroxyl groups is 1. The molecule has 1 N–H and O–H groups in total. The normalized spacial score (nSPS) is 9.65. The van der Waals surface area contributed by atoms with Crippen LogP contribution in [0.3, 0.4) is 0 Å². The van der Waals surface area contributed by atoms with Crippen LogP contribution < -0.4 is 4.74 Å². The number of phenols is 1. The lowest BCUT2D eigenvalue weighted by molar-refractivity contribution is 0.314. The molecule has 0 fully saturated rings. The average Bonchev–Trinajstić information content (AvgIpc) is 2.42. The molecule has 0 amide bonds. The van der Waals surface area contributed by atoms with Crippen LogP contribution in [0, 0.1) is 23.3 Å². The number of rotatable bonds is 2. The Balaban J connectivity index is 0.000000204. The standard InChI is InChI=1S/C8H8F2O.C6H4F2O/c1-2-11-7-5-3-4-6(9)8(7)10;7-4-2-1-3-5(9)6(4)8/h3-5H,2H2,1H3;1-3,9H. The van der Waals surface area contributed by atoms with Crippen LogP contribution in [0.25, 0.3) is 0 Å². The van der Waals surface area contributed by atoms with Crippen molar-refractivity contribution in [3.05, 3.63) is 59.7 Å². The second kappa shape index (κ2) is 7.37. The van der Waals surface area contributed by atoms with Gasteiger partial charge in [-0.1, -0.05) is 12.1 Å². The maximum Gasteiger partial charge on any atom is 0.200 e. The van der Waals surface area contributed by atoms with Gasteiger partial charge in [0.25, 0.3) is 0 Å². The largest absolute Gasteiger partial charge is 0.505 e. The van der Waals surface area contributed by atoms with Crippen molar-refractivity contribution >= 4 is 0 Å². The summed E-state index contributed by atoms with van der Waals surface area (Å²) in [5.41, 5.74) is 0. The van der Waals surface area contributed by atoms with Gasteiger partial charge in [-0.15, -0.1) is 0 Å². The highest BCUT2D eigenvalue weighted by Crippen LogP contribution is 2.18. The van der Waals surface area contributed by atoms with Crippen molar-refractivity contribution in [1.29, 1.82) is 0 Å². The van der Waals surface area contributed by atoms with Gasteiger partial charge in [0.05, 0.1) is 6.61 Å². The van der Waals surface area contributed by atoms with Crippen molar-refractivity contribution in [2.75, 3.05) is 6.61 Å². The van der Waals surface area contributed by atoms with E-state index in [1.54, 1.807) is 6.92 Å². The van der Waals surface area contributed by atoms with Crippen LogP contribution in [0.2, 0.25) is 0 Å². The first-order valence-corrected chi connectivity index (χ1v) is 5.67. The van der Waals surface area contributed by atoms with Crippen LogP contribution in [0.1, 0.15) is 6.92 Å². The summed E-state index contributed by atoms with van der Waals surface area (Å²) in [7, 11) is 0. The smallest absolute Gasteiger partial charge is 0.200 e. The van der Waals surface area contributed by atoms with Crippen LogP contribution in [0.4, 0.5) is 17.6 Å². The van der Waals surface area contributed by atoms with Crippen molar-refractivity contribution in [3.63, 3.8) is 0 Å². The zero-order chi connectivity index (χ0) is 15.1. The number of hydrogen-bond donors (Lipinski definition) is 1. The highest BCUT2D eigenvalue weighted by Gasteiger charge is 2.06. The van der Waals surface area contributed by atoms with Gasteiger partial charge in [-0.2, -0.15) is 8.78 Å². The molecule has 0 unspecified atom stereocenters. The summed E-state index contributed by atoms with van der Waals surface area (Å²) in [5, 5.41) is 8.49. The van der Waals surface area contributed by atoms with Crippen LogP contribution >= 0.6 is 0 Å². The molecular weight excluding hydrogens is 276 g/mol. The van der Waals surface area contributed by atoms with Gasteiger partial charge in [0.2, 0.25) is 5.82 Å². The first kappa shape index (κ1) is 15.8. The number of benzene rings is 2. The molecule has 0 aliphatic heterocycles. The third-order valence-corrected chi connectivity index (χ3v) is 2.15. The summed E-state index contributed by atoms with van der Waals surface area (Å²) in [6.07, 6.45) is 0. The molecule has 0 spiro atoms. The predicted octanol–water partition coefficient (Wildman–Crippen LogP) is 4.03. The molecular formula is C14H12F4O2. The lowest BCUT2D eigenvalue weighted by atomic mass is 10.3. The lowest BCUT2D eigenvalue weighted by Crippen LogP contribution is -1.95. The Morgan fingerprint density at radius 2 is 1.45 bits per heavy atom. The fourth-order valence-electron chi connectivity index (χ4n) is 1.24. The zero-order valence-electron chi connectivity index (χ0n) is 10.5. The zero-order valence-corrected chi connectivity index (χ0v) is 10.5. The second-order valence-electron chi connectivity index (χ2n) is 3.56. The Hall–Kier alpha value is -2.24. The maximum atomic E-state index is 12.7. The van der Waals surface area contributed by atoms with Crippen molar-refractivity contribution in [3.8, 4) is 11.5 Å². The Morgan fingerprint density at radius 3 is 1.95 bits per heavy atom. The van der Waals surface area contributed by atoms with Gasteiger partial charge in [0, 0.05) is 0 Å². The third kappa shape index (κ3) is 4.15. The molecule has 0 saturated heterocycles. The average molecular weight is 288 g/mol. The Bertz CT molecular complexity index is 553. The first-order chi connectivity index (χ1) is 9.47. The molecule has 0 bridgehead atoms. The second-order valence-corrected chi connectivity index (χ2v) is 3.56. The van der Waals surface area contributed by atoms with E-state index in [4.69, 9.17) is 9.84 Å². The van der Waals surface area contributed by atoms with Gasteiger partial charge in [-0.25, -0.2) is 8.78 Å². The highest BCUT2D eigenvalue weighted by atomic mass is 19.2. The molecule has 6 heteroatoms. The van der Waals surface area contributed by atoms with Crippen molar-refractivity contribution < 1.29 is 27.4 Å². The summed E-state index contributed by atoms with van der Waals surface area (Å²) < 4.78 is 54.1. The quantitative estimate of drug-likeness (QED) is 0.845. The molecule has 2 aromatic carbocycles. The molecule has 0 radical (unpaired) electrons. The van der Waals surface area contributed by atoms with E-state index in [1.807, 2.05) is 0 Å². The number of phenolic OH excluding ortho intramolecular Hbond substituents is 1.